The van der Waals surface area contributed by atoms with Crippen molar-refractivity contribution in [1.82, 2.24) is 0 Å². The van der Waals surface area contributed by atoms with Gasteiger partial charge in [-0.3, -0.25) is 4.79 Å². The van der Waals surface area contributed by atoms with E-state index in [1.54, 1.807) is 36.4 Å². The van der Waals surface area contributed by atoms with E-state index in [0.717, 1.165) is 0 Å². The van der Waals surface area contributed by atoms with Crippen molar-refractivity contribution in [3.63, 3.8) is 0 Å². The van der Waals surface area contributed by atoms with Crippen molar-refractivity contribution in [2.24, 2.45) is 5.92 Å². The average Bonchev–Trinajstić information content (AvgIpc) is 2.30. The van der Waals surface area contributed by atoms with Gasteiger partial charge in [-0.1, -0.05) is 24.3 Å². The highest BCUT2D eigenvalue weighted by Gasteiger charge is 2.15. The molecule has 0 aromatic heterocycles. The summed E-state index contributed by atoms with van der Waals surface area (Å²) in [5, 5.41) is 17.2. The van der Waals surface area contributed by atoms with Gasteiger partial charge in [0.1, 0.15) is 17.7 Å². The summed E-state index contributed by atoms with van der Waals surface area (Å²) in [6, 6.07) is 3.56. The summed E-state index contributed by atoms with van der Waals surface area (Å²) in [6.07, 6.45) is 6.33. The minimum Gasteiger partial charge on any atom is -0.468 e. The second kappa shape index (κ2) is 4.78. The zero-order valence-corrected chi connectivity index (χ0v) is 8.10. The number of esters is 1. The van der Waals surface area contributed by atoms with Gasteiger partial charge in [-0.05, 0) is 0 Å². The fourth-order valence-corrected chi connectivity index (χ4v) is 1.15. The lowest BCUT2D eigenvalue weighted by Crippen LogP contribution is -2.13. The molecule has 0 radical (unpaired) electrons. The molecule has 1 aliphatic carbocycles. The van der Waals surface area contributed by atoms with Crippen LogP contribution in [0.5, 0.6) is 0 Å². The molecule has 1 aliphatic rings. The van der Waals surface area contributed by atoms with Crippen molar-refractivity contribution in [1.29, 1.82) is 10.5 Å². The van der Waals surface area contributed by atoms with Crippen LogP contribution in [0, 0.1) is 28.6 Å². The van der Waals surface area contributed by atoms with E-state index in [9.17, 15) is 4.79 Å². The number of ether oxygens (including phenoxy) is 1. The molecule has 0 aliphatic heterocycles. The SMILES string of the molecule is COC(=O)C1C=CC(=C(C#N)C#N)C=C1. The highest BCUT2D eigenvalue weighted by atomic mass is 16.5. The third-order valence-corrected chi connectivity index (χ3v) is 1.95. The summed E-state index contributed by atoms with van der Waals surface area (Å²) in [5.41, 5.74) is 0.547. The Kier molecular flexibility index (Phi) is 3.43. The highest BCUT2D eigenvalue weighted by Crippen LogP contribution is 2.17. The Balaban J connectivity index is 2.92. The number of hydrogen-bond acceptors (Lipinski definition) is 4. The molecule has 0 spiro atoms. The van der Waals surface area contributed by atoms with Crippen molar-refractivity contribution >= 4 is 5.97 Å². The van der Waals surface area contributed by atoms with Gasteiger partial charge in [-0.15, -0.1) is 0 Å². The Morgan fingerprint density at radius 1 is 1.33 bits per heavy atom. The second-order valence-corrected chi connectivity index (χ2v) is 2.82. The fraction of sp³-hybridized carbons (Fsp3) is 0.182. The quantitative estimate of drug-likeness (QED) is 0.471. The average molecular weight is 200 g/mol. The molecule has 74 valence electrons. The van der Waals surface area contributed by atoms with E-state index in [2.05, 4.69) is 4.74 Å². The van der Waals surface area contributed by atoms with Crippen LogP contribution in [0.4, 0.5) is 0 Å². The van der Waals surface area contributed by atoms with Crippen LogP contribution >= 0.6 is 0 Å². The van der Waals surface area contributed by atoms with Crippen molar-refractivity contribution < 1.29 is 9.53 Å². The van der Waals surface area contributed by atoms with E-state index >= 15 is 0 Å². The summed E-state index contributed by atoms with van der Waals surface area (Å²) < 4.78 is 4.55. The standard InChI is InChI=1S/C11H8N2O2/c1-15-11(14)9-4-2-8(3-5-9)10(6-12)7-13/h2-5,9H,1H3. The summed E-state index contributed by atoms with van der Waals surface area (Å²) in [7, 11) is 1.31. The lowest BCUT2D eigenvalue weighted by Gasteiger charge is -2.09. The van der Waals surface area contributed by atoms with Gasteiger partial charge >= 0.3 is 5.97 Å². The van der Waals surface area contributed by atoms with E-state index in [1.807, 2.05) is 0 Å². The summed E-state index contributed by atoms with van der Waals surface area (Å²) in [4.78, 5) is 11.1. The van der Waals surface area contributed by atoms with Crippen LogP contribution in [-0.2, 0) is 9.53 Å². The smallest absolute Gasteiger partial charge is 0.316 e. The predicted octanol–water partition coefficient (Wildman–Crippen LogP) is 1.25. The number of nitrogens with zero attached hydrogens (tertiary/aromatic N) is 2. The third kappa shape index (κ3) is 2.32. The largest absolute Gasteiger partial charge is 0.468 e. The number of carbonyl (C=O) groups is 1. The van der Waals surface area contributed by atoms with E-state index in [4.69, 9.17) is 10.5 Å². The molecule has 0 amide bonds. The van der Waals surface area contributed by atoms with Crippen molar-refractivity contribution in [2.45, 2.75) is 0 Å². The summed E-state index contributed by atoms with van der Waals surface area (Å²) >= 11 is 0. The number of allylic oxidation sites excluding steroid dienone is 4. The molecular weight excluding hydrogens is 192 g/mol. The van der Waals surface area contributed by atoms with Crippen molar-refractivity contribution in [2.75, 3.05) is 7.11 Å². The second-order valence-electron chi connectivity index (χ2n) is 2.82. The molecule has 0 unspecified atom stereocenters. The maximum atomic E-state index is 11.1. The molecule has 15 heavy (non-hydrogen) atoms. The molecule has 1 rings (SSSR count). The van der Waals surface area contributed by atoms with Crippen molar-refractivity contribution in [3.05, 3.63) is 35.5 Å². The number of hydrogen-bond donors (Lipinski definition) is 0. The van der Waals surface area contributed by atoms with Crippen LogP contribution in [0.15, 0.2) is 35.5 Å². The van der Waals surface area contributed by atoms with Crippen LogP contribution in [-0.4, -0.2) is 13.1 Å². The van der Waals surface area contributed by atoms with Gasteiger partial charge in [-0.25, -0.2) is 0 Å². The molecule has 0 atom stereocenters. The zero-order chi connectivity index (χ0) is 11.3. The number of nitriles is 2. The molecule has 0 saturated carbocycles. The normalized spacial score (nSPS) is 17.8. The van der Waals surface area contributed by atoms with Gasteiger partial charge in [-0.2, -0.15) is 10.5 Å². The molecule has 0 aromatic rings. The number of carbonyl (C=O) groups excluding carboxylic acids is 1. The maximum absolute atomic E-state index is 11.1. The van der Waals surface area contributed by atoms with Crippen LogP contribution in [0.25, 0.3) is 0 Å². The minimum atomic E-state index is -0.433. The number of rotatable bonds is 1. The highest BCUT2D eigenvalue weighted by molar-refractivity contribution is 5.77. The Morgan fingerprint density at radius 3 is 2.27 bits per heavy atom. The van der Waals surface area contributed by atoms with E-state index < -0.39 is 5.92 Å². The summed E-state index contributed by atoms with van der Waals surface area (Å²) in [5.74, 6) is -0.797. The predicted molar refractivity (Wildman–Crippen MR) is 52.0 cm³/mol. The fourth-order valence-electron chi connectivity index (χ4n) is 1.15. The van der Waals surface area contributed by atoms with E-state index in [-0.39, 0.29) is 11.5 Å². The first-order valence-electron chi connectivity index (χ1n) is 4.21. The van der Waals surface area contributed by atoms with Crippen LogP contribution in [0.1, 0.15) is 0 Å². The Bertz CT molecular complexity index is 412. The Labute approximate surface area is 87.4 Å². The van der Waals surface area contributed by atoms with E-state index in [1.165, 1.54) is 7.11 Å². The third-order valence-electron chi connectivity index (χ3n) is 1.95. The first-order chi connectivity index (χ1) is 7.22. The molecule has 0 heterocycles. The molecular formula is C11H8N2O2. The molecule has 4 heteroatoms. The zero-order valence-electron chi connectivity index (χ0n) is 8.10. The van der Waals surface area contributed by atoms with Crippen LogP contribution in [0.3, 0.4) is 0 Å². The molecule has 0 saturated heterocycles. The maximum Gasteiger partial charge on any atom is 0.316 e. The van der Waals surface area contributed by atoms with Gasteiger partial charge in [0.05, 0.1) is 13.0 Å². The monoisotopic (exact) mass is 200 g/mol. The topological polar surface area (TPSA) is 73.9 Å². The first kappa shape index (κ1) is 10.7. The van der Waals surface area contributed by atoms with Gasteiger partial charge in [0, 0.05) is 5.57 Å². The Hall–Kier alpha value is -2.33. The van der Waals surface area contributed by atoms with Gasteiger partial charge in [0.15, 0.2) is 0 Å². The molecule has 0 fully saturated rings. The van der Waals surface area contributed by atoms with Gasteiger partial charge in [0.2, 0.25) is 0 Å². The van der Waals surface area contributed by atoms with Crippen molar-refractivity contribution in [3.8, 4) is 12.1 Å². The molecule has 0 N–H and O–H groups in total. The molecule has 0 bridgehead atoms. The van der Waals surface area contributed by atoms with Crippen LogP contribution in [0.2, 0.25) is 0 Å². The molecule has 0 aromatic carbocycles. The van der Waals surface area contributed by atoms with E-state index in [0.29, 0.717) is 5.57 Å². The summed E-state index contributed by atoms with van der Waals surface area (Å²) in [6.45, 7) is 0. The van der Waals surface area contributed by atoms with Gasteiger partial charge < -0.3 is 4.74 Å². The lowest BCUT2D eigenvalue weighted by molar-refractivity contribution is -0.142. The number of methoxy groups -OCH3 is 1. The van der Waals surface area contributed by atoms with Crippen LogP contribution < -0.4 is 0 Å². The first-order valence-corrected chi connectivity index (χ1v) is 4.21. The van der Waals surface area contributed by atoms with Gasteiger partial charge in [0.25, 0.3) is 0 Å². The minimum absolute atomic E-state index is 0.0332. The molecule has 4 nitrogen and oxygen atoms in total. The Morgan fingerprint density at radius 2 is 1.87 bits per heavy atom. The lowest BCUT2D eigenvalue weighted by atomic mass is 9.98.